The number of piperidine rings is 2. The Labute approximate surface area is 325 Å². The van der Waals surface area contributed by atoms with Crippen molar-refractivity contribution in [3.63, 3.8) is 0 Å². The van der Waals surface area contributed by atoms with Gasteiger partial charge in [0.1, 0.15) is 17.5 Å². The van der Waals surface area contributed by atoms with E-state index in [9.17, 15) is 24.3 Å². The highest BCUT2D eigenvalue weighted by atomic mass is 16.5. The second-order valence-electron chi connectivity index (χ2n) is 16.7. The van der Waals surface area contributed by atoms with Crippen molar-refractivity contribution in [2.24, 2.45) is 5.41 Å². The number of ether oxygens (including phenoxy) is 1. The minimum atomic E-state index is -0.632. The van der Waals surface area contributed by atoms with Gasteiger partial charge in [-0.3, -0.25) is 29.4 Å². The quantitative estimate of drug-likeness (QED) is 0.267. The molecule has 0 radical (unpaired) electrons. The van der Waals surface area contributed by atoms with Gasteiger partial charge >= 0.3 is 0 Å². The molecule has 6 heterocycles. The lowest BCUT2D eigenvalue weighted by atomic mass is 9.72. The zero-order valence-electron chi connectivity index (χ0n) is 31.3. The first-order valence-corrected chi connectivity index (χ1v) is 19.9. The summed E-state index contributed by atoms with van der Waals surface area (Å²) in [6.07, 6.45) is 2.76. The summed E-state index contributed by atoms with van der Waals surface area (Å²) in [5.74, 6) is 0.461. The highest BCUT2D eigenvalue weighted by molar-refractivity contribution is 6.05. The maximum atomic E-state index is 13.5. The Morgan fingerprint density at radius 2 is 1.59 bits per heavy atom. The van der Waals surface area contributed by atoms with Gasteiger partial charge in [-0.1, -0.05) is 54.6 Å². The predicted octanol–water partition coefficient (Wildman–Crippen LogP) is 4.91. The molecule has 3 saturated heterocycles. The third kappa shape index (κ3) is 6.09. The van der Waals surface area contributed by atoms with Gasteiger partial charge in [0.15, 0.2) is 0 Å². The number of hydrogen-bond acceptors (Lipinski definition) is 8. The average molecular weight is 752 g/mol. The van der Waals surface area contributed by atoms with Gasteiger partial charge in [-0.2, -0.15) is 0 Å². The maximum absolute atomic E-state index is 13.5. The van der Waals surface area contributed by atoms with Gasteiger partial charge in [0.05, 0.1) is 13.2 Å². The van der Waals surface area contributed by atoms with Crippen molar-refractivity contribution in [2.45, 2.75) is 63.2 Å². The van der Waals surface area contributed by atoms with Crippen LogP contribution in [0, 0.1) is 5.41 Å². The zero-order valence-corrected chi connectivity index (χ0v) is 31.3. The molecular weight excluding hydrogens is 707 g/mol. The Bertz CT molecular complexity index is 2240. The number of carbonyl (C=O) groups is 4. The lowest BCUT2D eigenvalue weighted by Gasteiger charge is -2.54. The number of benzene rings is 4. The van der Waals surface area contributed by atoms with Crippen molar-refractivity contribution in [3.05, 3.63) is 124 Å². The molecule has 4 amide bonds. The molecule has 11 nitrogen and oxygen atoms in total. The van der Waals surface area contributed by atoms with Gasteiger partial charge in [0.25, 0.3) is 5.91 Å². The first kappa shape index (κ1) is 34.8. The third-order valence-corrected chi connectivity index (χ3v) is 13.2. The number of anilines is 1. The first-order valence-electron chi connectivity index (χ1n) is 19.9. The number of phenolic OH excluding ortho intramolecular Hbond substituents is 1. The summed E-state index contributed by atoms with van der Waals surface area (Å²) in [4.78, 5) is 59.1. The molecule has 3 atom stereocenters. The minimum Gasteiger partial charge on any atom is -0.508 e. The van der Waals surface area contributed by atoms with Crippen molar-refractivity contribution in [2.75, 3.05) is 44.2 Å². The molecule has 6 aliphatic heterocycles. The van der Waals surface area contributed by atoms with E-state index in [1.54, 1.807) is 17.0 Å². The van der Waals surface area contributed by atoms with E-state index in [0.29, 0.717) is 44.8 Å². The Hall–Kier alpha value is -5.68. The van der Waals surface area contributed by atoms with Crippen LogP contribution in [0.1, 0.15) is 81.3 Å². The Morgan fingerprint density at radius 3 is 2.34 bits per heavy atom. The number of nitrogens with zero attached hydrogens (tertiary/aromatic N) is 4. The molecule has 4 aromatic rings. The number of amides is 4. The van der Waals surface area contributed by atoms with Crippen LogP contribution in [0.4, 0.5) is 5.69 Å². The average Bonchev–Trinajstić information content (AvgIpc) is 3.76. The number of carbonyl (C=O) groups excluding carboxylic acids is 4. The molecule has 4 aromatic carbocycles. The summed E-state index contributed by atoms with van der Waals surface area (Å²) in [7, 11) is 0. The van der Waals surface area contributed by atoms with Crippen LogP contribution in [-0.4, -0.2) is 88.8 Å². The van der Waals surface area contributed by atoms with Crippen molar-refractivity contribution < 1.29 is 29.0 Å². The summed E-state index contributed by atoms with van der Waals surface area (Å²) >= 11 is 0. The molecule has 6 aliphatic rings. The van der Waals surface area contributed by atoms with Crippen LogP contribution < -0.4 is 15.0 Å². The molecule has 0 saturated carbocycles. The second kappa shape index (κ2) is 13.5. The summed E-state index contributed by atoms with van der Waals surface area (Å²) < 4.78 is 6.17. The Kier molecular flexibility index (Phi) is 8.39. The summed E-state index contributed by atoms with van der Waals surface area (Å²) in [6.45, 7) is 6.15. The number of fused-ring (bicyclic) bond motifs is 3. The summed E-state index contributed by atoms with van der Waals surface area (Å²) in [5, 5.41) is 12.5. The molecular formula is C45H45N5O6. The van der Waals surface area contributed by atoms with Crippen LogP contribution >= 0.6 is 0 Å². The number of likely N-dealkylation sites (tertiary alicyclic amines) is 1. The van der Waals surface area contributed by atoms with Gasteiger partial charge in [0.2, 0.25) is 17.7 Å². The van der Waals surface area contributed by atoms with Crippen LogP contribution in [0.15, 0.2) is 84.9 Å². The molecule has 0 aliphatic carbocycles. The van der Waals surface area contributed by atoms with Crippen molar-refractivity contribution in [3.8, 4) is 11.5 Å². The number of aromatic hydroxyl groups is 1. The summed E-state index contributed by atoms with van der Waals surface area (Å²) in [6, 6.07) is 28.3. The van der Waals surface area contributed by atoms with Crippen LogP contribution in [-0.2, 0) is 34.0 Å². The molecule has 2 N–H and O–H groups in total. The SMILES string of the molecule is O=C1CCC(N2Cc3cc4c(cc3C2=O)CN(C(=O)CN2CC3(CCN(c5ccc([C@H]6c7ccc(O)cc7OC[C@H]6c6ccccc6)cc5)CC3)C2)C4)C(=O)N1. The van der Waals surface area contributed by atoms with Crippen molar-refractivity contribution in [1.82, 2.24) is 20.0 Å². The van der Waals surface area contributed by atoms with Crippen molar-refractivity contribution in [1.29, 1.82) is 0 Å². The van der Waals surface area contributed by atoms with Crippen LogP contribution in [0.3, 0.4) is 0 Å². The third-order valence-electron chi connectivity index (χ3n) is 13.2. The van der Waals surface area contributed by atoms with E-state index in [1.807, 2.05) is 29.2 Å². The van der Waals surface area contributed by atoms with E-state index in [0.717, 1.165) is 67.0 Å². The van der Waals surface area contributed by atoms with E-state index in [2.05, 4.69) is 63.6 Å². The highest BCUT2D eigenvalue weighted by Gasteiger charge is 2.46. The fraction of sp³-hybridized carbons (Fsp3) is 0.378. The minimum absolute atomic E-state index is 0.113. The normalized spacial score (nSPS) is 24.0. The topological polar surface area (TPSA) is 123 Å². The van der Waals surface area contributed by atoms with E-state index >= 15 is 0 Å². The fourth-order valence-corrected chi connectivity index (χ4v) is 10.2. The molecule has 1 spiro atoms. The molecule has 56 heavy (non-hydrogen) atoms. The van der Waals surface area contributed by atoms with Crippen LogP contribution in [0.2, 0.25) is 0 Å². The number of hydrogen-bond donors (Lipinski definition) is 2. The van der Waals surface area contributed by atoms with E-state index in [-0.39, 0.29) is 47.1 Å². The van der Waals surface area contributed by atoms with E-state index in [4.69, 9.17) is 4.74 Å². The smallest absolute Gasteiger partial charge is 0.255 e. The Morgan fingerprint density at radius 1 is 0.839 bits per heavy atom. The van der Waals surface area contributed by atoms with Gasteiger partial charge in [-0.25, -0.2) is 0 Å². The van der Waals surface area contributed by atoms with Gasteiger partial charge in [-0.15, -0.1) is 0 Å². The molecule has 0 bridgehead atoms. The number of rotatable bonds is 6. The van der Waals surface area contributed by atoms with Gasteiger partial charge in [0, 0.05) is 87.0 Å². The predicted molar refractivity (Wildman–Crippen MR) is 208 cm³/mol. The van der Waals surface area contributed by atoms with Crippen LogP contribution in [0.5, 0.6) is 11.5 Å². The summed E-state index contributed by atoms with van der Waals surface area (Å²) in [5.41, 5.74) is 8.58. The standard InChI is InChI=1S/C45H45N5O6/c51-34-10-11-35-39(20-34)56-25-37(28-4-2-1-3-5-28)42(35)29-6-8-33(9-7-29)48-16-14-45(15-17-48)26-47(27-45)24-41(53)49-21-30-18-32-23-50(38-12-13-40(52)46-43(38)54)44(55)36(32)19-31(30)22-49/h1-11,18-20,37-38,42,51H,12-17,21-27H2,(H,46,52,54)/t37-,38?,42-/m0/s1. The van der Waals surface area contributed by atoms with E-state index in [1.165, 1.54) is 16.8 Å². The van der Waals surface area contributed by atoms with Crippen molar-refractivity contribution >= 4 is 29.3 Å². The maximum Gasteiger partial charge on any atom is 0.255 e. The second-order valence-corrected chi connectivity index (χ2v) is 16.7. The Balaban J connectivity index is 0.732. The molecule has 11 heteroatoms. The molecule has 0 aromatic heterocycles. The molecule has 10 rings (SSSR count). The van der Waals surface area contributed by atoms with Gasteiger partial charge in [-0.05, 0) is 76.8 Å². The lowest BCUT2D eigenvalue weighted by Crippen LogP contribution is -2.61. The van der Waals surface area contributed by atoms with Gasteiger partial charge < -0.3 is 24.5 Å². The monoisotopic (exact) mass is 751 g/mol. The van der Waals surface area contributed by atoms with E-state index < -0.39 is 11.9 Å². The number of phenols is 1. The molecule has 1 unspecified atom stereocenters. The largest absolute Gasteiger partial charge is 0.508 e. The molecule has 286 valence electrons. The first-order chi connectivity index (χ1) is 27.2. The highest BCUT2D eigenvalue weighted by Crippen LogP contribution is 2.48. The number of imide groups is 1. The zero-order chi connectivity index (χ0) is 38.1. The van der Waals surface area contributed by atoms with Crippen LogP contribution in [0.25, 0.3) is 0 Å². The number of nitrogens with one attached hydrogen (secondary N) is 1. The fourth-order valence-electron chi connectivity index (χ4n) is 10.2. The molecule has 3 fully saturated rings. The lowest BCUT2D eigenvalue weighted by molar-refractivity contribution is -0.138.